The van der Waals surface area contributed by atoms with Crippen molar-refractivity contribution in [3.63, 3.8) is 0 Å². The third-order valence-electron chi connectivity index (χ3n) is 2.47. The average Bonchev–Trinajstić information content (AvgIpc) is 2.56. The number of halogens is 1. The normalized spacial score (nSPS) is 12.0. The van der Waals surface area contributed by atoms with E-state index in [1.165, 1.54) is 11.8 Å². The number of aliphatic carboxylic acids is 1. The summed E-state index contributed by atoms with van der Waals surface area (Å²) in [6.07, 6.45) is 7.67. The first-order valence-electron chi connectivity index (χ1n) is 7.22. The number of hydrogen-bond acceptors (Lipinski definition) is 2. The van der Waals surface area contributed by atoms with E-state index in [-0.39, 0.29) is 0 Å². The summed E-state index contributed by atoms with van der Waals surface area (Å²) in [4.78, 5) is 12.2. The van der Waals surface area contributed by atoms with E-state index in [1.807, 2.05) is 57.2 Å². The Kier molecular flexibility index (Phi) is 12.4. The first kappa shape index (κ1) is 20.6. The van der Waals surface area contributed by atoms with E-state index in [0.717, 1.165) is 4.90 Å². The van der Waals surface area contributed by atoms with Gasteiger partial charge in [-0.3, -0.25) is 0 Å². The fourth-order valence-corrected chi connectivity index (χ4v) is 2.38. The van der Waals surface area contributed by atoms with Crippen LogP contribution >= 0.6 is 23.4 Å². The molecule has 0 bridgehead atoms. The summed E-state index contributed by atoms with van der Waals surface area (Å²) in [5, 5.41) is 9.81. The Balaban J connectivity index is 0.00000211. The van der Waals surface area contributed by atoms with Gasteiger partial charge in [0.15, 0.2) is 0 Å². The van der Waals surface area contributed by atoms with Crippen molar-refractivity contribution in [1.82, 2.24) is 0 Å². The van der Waals surface area contributed by atoms with E-state index >= 15 is 0 Å². The number of carboxylic acids is 1. The van der Waals surface area contributed by atoms with E-state index in [2.05, 4.69) is 0 Å². The minimum atomic E-state index is -0.876. The molecule has 1 rings (SSSR count). The summed E-state index contributed by atoms with van der Waals surface area (Å²) in [6, 6.07) is 9.75. The molecule has 0 aromatic heterocycles. The van der Waals surface area contributed by atoms with E-state index < -0.39 is 5.97 Å². The van der Waals surface area contributed by atoms with Crippen molar-refractivity contribution in [2.75, 3.05) is 5.75 Å². The van der Waals surface area contributed by atoms with Gasteiger partial charge in [-0.05, 0) is 31.6 Å². The van der Waals surface area contributed by atoms with Crippen LogP contribution in [0.1, 0.15) is 27.2 Å². The van der Waals surface area contributed by atoms with Crippen LogP contribution in [0.5, 0.6) is 0 Å². The Bertz CT molecular complexity index is 519. The Hall–Kier alpha value is -1.45. The van der Waals surface area contributed by atoms with E-state index in [0.29, 0.717) is 22.8 Å². The highest BCUT2D eigenvalue weighted by atomic mass is 35.5. The van der Waals surface area contributed by atoms with Crippen LogP contribution in [-0.2, 0) is 4.79 Å². The van der Waals surface area contributed by atoms with Gasteiger partial charge in [-0.15, -0.1) is 11.8 Å². The van der Waals surface area contributed by atoms with Gasteiger partial charge in [0.25, 0.3) is 0 Å². The van der Waals surface area contributed by atoms with E-state index in [4.69, 9.17) is 16.7 Å². The smallest absolute Gasteiger partial charge is 0.332 e. The molecule has 0 fully saturated rings. The van der Waals surface area contributed by atoms with Gasteiger partial charge in [-0.2, -0.15) is 0 Å². The zero-order chi connectivity index (χ0) is 16.8. The molecule has 0 saturated heterocycles. The molecule has 0 amide bonds. The van der Waals surface area contributed by atoms with Crippen molar-refractivity contribution < 1.29 is 9.90 Å². The summed E-state index contributed by atoms with van der Waals surface area (Å²) < 4.78 is 0. The molecular weight excluding hydrogens is 316 g/mol. The largest absolute Gasteiger partial charge is 0.478 e. The van der Waals surface area contributed by atoms with Crippen molar-refractivity contribution >= 4 is 29.3 Å². The van der Waals surface area contributed by atoms with Crippen LogP contribution in [0.25, 0.3) is 0 Å². The topological polar surface area (TPSA) is 37.3 Å². The van der Waals surface area contributed by atoms with Crippen molar-refractivity contribution in [1.29, 1.82) is 0 Å². The minimum Gasteiger partial charge on any atom is -0.478 e. The monoisotopic (exact) mass is 338 g/mol. The molecule has 0 heterocycles. The van der Waals surface area contributed by atoms with Gasteiger partial charge in [0.1, 0.15) is 0 Å². The molecule has 0 aliphatic heterocycles. The zero-order valence-electron chi connectivity index (χ0n) is 13.3. The number of thioether (sulfide) groups is 1. The Labute approximate surface area is 142 Å². The molecule has 22 heavy (non-hydrogen) atoms. The maximum absolute atomic E-state index is 11.2. The van der Waals surface area contributed by atoms with E-state index in [1.54, 1.807) is 18.2 Å². The van der Waals surface area contributed by atoms with Crippen LogP contribution in [0.3, 0.4) is 0 Å². The van der Waals surface area contributed by atoms with Crippen LogP contribution in [0.4, 0.5) is 0 Å². The van der Waals surface area contributed by atoms with Crippen LogP contribution in [0.2, 0.25) is 0 Å². The second-order valence-corrected chi connectivity index (χ2v) is 5.43. The maximum atomic E-state index is 11.2. The molecule has 0 aliphatic rings. The fraction of sp³-hybridized carbons (Fsp3) is 0.278. The SMILES string of the molecule is C/C=C(Cl)\C=C/C/C=C(\CSc1ccccc1)C(=O)O.CC. The molecule has 1 aromatic carbocycles. The van der Waals surface area contributed by atoms with Gasteiger partial charge in [-0.1, -0.05) is 61.9 Å². The minimum absolute atomic E-state index is 0.403. The number of carboxylic acid groups (broad SMARTS) is 1. The molecule has 1 N–H and O–H groups in total. The highest BCUT2D eigenvalue weighted by Crippen LogP contribution is 2.20. The molecule has 0 unspecified atom stereocenters. The Morgan fingerprint density at radius 1 is 1.27 bits per heavy atom. The van der Waals surface area contributed by atoms with Crippen molar-refractivity contribution in [3.05, 3.63) is 65.2 Å². The number of rotatable bonds is 7. The van der Waals surface area contributed by atoms with Crippen LogP contribution in [0.15, 0.2) is 70.1 Å². The summed E-state index contributed by atoms with van der Waals surface area (Å²) in [7, 11) is 0. The molecule has 4 heteroatoms. The van der Waals surface area contributed by atoms with Gasteiger partial charge >= 0.3 is 5.97 Å². The Morgan fingerprint density at radius 2 is 1.91 bits per heavy atom. The number of allylic oxidation sites excluding steroid dienone is 5. The summed E-state index contributed by atoms with van der Waals surface area (Å²) >= 11 is 7.33. The second kappa shape index (κ2) is 13.2. The molecule has 0 atom stereocenters. The molecule has 0 aliphatic carbocycles. The third kappa shape index (κ3) is 9.48. The van der Waals surface area contributed by atoms with Crippen LogP contribution in [-0.4, -0.2) is 16.8 Å². The molecule has 0 saturated carbocycles. The lowest BCUT2D eigenvalue weighted by atomic mass is 10.2. The lowest BCUT2D eigenvalue weighted by molar-refractivity contribution is -0.132. The molecule has 2 nitrogen and oxygen atoms in total. The van der Waals surface area contributed by atoms with Crippen molar-refractivity contribution in [2.45, 2.75) is 32.1 Å². The fourth-order valence-electron chi connectivity index (χ4n) is 1.37. The second-order valence-electron chi connectivity index (χ2n) is 3.95. The van der Waals surface area contributed by atoms with Crippen molar-refractivity contribution in [2.24, 2.45) is 0 Å². The molecular formula is C18H23ClO2S. The van der Waals surface area contributed by atoms with Crippen molar-refractivity contribution in [3.8, 4) is 0 Å². The van der Waals surface area contributed by atoms with Crippen LogP contribution in [0, 0.1) is 0 Å². The van der Waals surface area contributed by atoms with Gasteiger partial charge in [0.05, 0.1) is 0 Å². The zero-order valence-corrected chi connectivity index (χ0v) is 14.8. The summed E-state index contributed by atoms with van der Waals surface area (Å²) in [6.45, 7) is 5.85. The van der Waals surface area contributed by atoms with Gasteiger partial charge < -0.3 is 5.11 Å². The first-order valence-corrected chi connectivity index (χ1v) is 8.58. The first-order chi connectivity index (χ1) is 10.6. The predicted molar refractivity (Wildman–Crippen MR) is 97.6 cm³/mol. The van der Waals surface area contributed by atoms with Crippen LogP contribution < -0.4 is 0 Å². The number of carbonyl (C=O) groups is 1. The molecule has 0 spiro atoms. The lowest BCUT2D eigenvalue weighted by Gasteiger charge is -2.02. The maximum Gasteiger partial charge on any atom is 0.332 e. The molecule has 1 aromatic rings. The number of hydrogen-bond donors (Lipinski definition) is 1. The van der Waals surface area contributed by atoms with Gasteiger partial charge in [0.2, 0.25) is 0 Å². The summed E-state index contributed by atoms with van der Waals surface area (Å²) in [5.41, 5.74) is 0.403. The quantitative estimate of drug-likeness (QED) is 0.382. The lowest BCUT2D eigenvalue weighted by Crippen LogP contribution is -2.03. The van der Waals surface area contributed by atoms with Gasteiger partial charge in [-0.25, -0.2) is 4.79 Å². The predicted octanol–water partition coefficient (Wildman–Crippen LogP) is 5.90. The standard InChI is InChI=1S/C16H17ClO2S.C2H6/c1-2-14(17)9-7-6-8-13(16(18)19)12-20-15-10-4-3-5-11-15;1-2/h2-5,7-11H,6,12H2,1H3,(H,18,19);1-2H3/b9-7-,13-8+,14-2+;. The Morgan fingerprint density at radius 3 is 2.45 bits per heavy atom. The highest BCUT2D eigenvalue weighted by Gasteiger charge is 2.06. The van der Waals surface area contributed by atoms with E-state index in [9.17, 15) is 4.79 Å². The highest BCUT2D eigenvalue weighted by molar-refractivity contribution is 7.99. The molecule has 120 valence electrons. The number of benzene rings is 1. The molecule has 0 radical (unpaired) electrons. The average molecular weight is 339 g/mol. The van der Waals surface area contributed by atoms with Gasteiger partial charge in [0, 0.05) is 21.3 Å². The summed E-state index contributed by atoms with van der Waals surface area (Å²) in [5.74, 6) is -0.427. The third-order valence-corrected chi connectivity index (χ3v) is 3.87.